The second-order valence-corrected chi connectivity index (χ2v) is 14.4. The standard InChI is InChI=1S/C36H36Cl2FN3O4S/c1-25-15-18-30(19-16-25)47(45,46)42(29-17-20-31(37)32(38)22-29)24-35(43)41(23-27-11-5-8-14-33(27)39)34(21-26-9-3-2-4-10-26)36(44)40-28-12-6-7-13-28/h2-5,8-11,14-20,22,28,34H,6-7,12-13,21,23-24H2,1H3,(H,40,44)/t34-/m1/s1. The Morgan fingerprint density at radius 3 is 2.21 bits per heavy atom. The maximum absolute atomic E-state index is 15.1. The highest BCUT2D eigenvalue weighted by molar-refractivity contribution is 7.92. The summed E-state index contributed by atoms with van der Waals surface area (Å²) in [5, 5.41) is 3.41. The number of hydrogen-bond acceptors (Lipinski definition) is 4. The summed E-state index contributed by atoms with van der Waals surface area (Å²) >= 11 is 12.5. The van der Waals surface area contributed by atoms with Crippen molar-refractivity contribution in [1.82, 2.24) is 10.2 Å². The van der Waals surface area contributed by atoms with Crippen LogP contribution < -0.4 is 9.62 Å². The molecule has 0 unspecified atom stereocenters. The average Bonchev–Trinajstić information content (AvgIpc) is 3.57. The smallest absolute Gasteiger partial charge is 0.264 e. The molecule has 2 amide bonds. The number of nitrogens with zero attached hydrogens (tertiary/aromatic N) is 2. The largest absolute Gasteiger partial charge is 0.352 e. The third kappa shape index (κ3) is 8.52. The summed E-state index contributed by atoms with van der Waals surface area (Å²) in [7, 11) is -4.32. The van der Waals surface area contributed by atoms with Gasteiger partial charge in [0.2, 0.25) is 11.8 Å². The van der Waals surface area contributed by atoms with Gasteiger partial charge in [-0.25, -0.2) is 12.8 Å². The lowest BCUT2D eigenvalue weighted by atomic mass is 10.0. The monoisotopic (exact) mass is 695 g/mol. The topological polar surface area (TPSA) is 86.8 Å². The molecule has 7 nitrogen and oxygen atoms in total. The minimum Gasteiger partial charge on any atom is -0.352 e. The first-order chi connectivity index (χ1) is 22.5. The van der Waals surface area contributed by atoms with Crippen molar-refractivity contribution in [3.8, 4) is 0 Å². The fourth-order valence-corrected chi connectivity index (χ4v) is 7.44. The summed E-state index contributed by atoms with van der Waals surface area (Å²) in [4.78, 5) is 29.9. The van der Waals surface area contributed by atoms with E-state index in [2.05, 4.69) is 5.32 Å². The van der Waals surface area contributed by atoms with Gasteiger partial charge in [-0.2, -0.15) is 0 Å². The molecule has 1 saturated carbocycles. The number of anilines is 1. The number of sulfonamides is 1. The van der Waals surface area contributed by atoms with E-state index in [1.807, 2.05) is 37.3 Å². The number of amides is 2. The molecule has 0 aliphatic heterocycles. The van der Waals surface area contributed by atoms with Crippen molar-refractivity contribution in [2.45, 2.75) is 62.6 Å². The Labute approximate surface area is 285 Å². The number of carbonyl (C=O) groups is 2. The van der Waals surface area contributed by atoms with Gasteiger partial charge in [-0.3, -0.25) is 13.9 Å². The average molecular weight is 697 g/mol. The second kappa shape index (κ2) is 15.3. The Kier molecular flexibility index (Phi) is 11.2. The molecule has 0 heterocycles. The van der Waals surface area contributed by atoms with Crippen molar-refractivity contribution in [1.29, 1.82) is 0 Å². The molecule has 0 radical (unpaired) electrons. The number of carbonyl (C=O) groups excluding carboxylic acids is 2. The maximum Gasteiger partial charge on any atom is 0.264 e. The van der Waals surface area contributed by atoms with Crippen LogP contribution in [0.1, 0.15) is 42.4 Å². The quantitative estimate of drug-likeness (QED) is 0.168. The van der Waals surface area contributed by atoms with Crippen molar-refractivity contribution in [3.05, 3.63) is 130 Å². The van der Waals surface area contributed by atoms with E-state index in [1.54, 1.807) is 30.3 Å². The minimum atomic E-state index is -4.32. The van der Waals surface area contributed by atoms with Crippen molar-refractivity contribution in [3.63, 3.8) is 0 Å². The number of hydrogen-bond donors (Lipinski definition) is 1. The van der Waals surface area contributed by atoms with E-state index in [9.17, 15) is 18.0 Å². The van der Waals surface area contributed by atoms with Crippen molar-refractivity contribution in [2.24, 2.45) is 0 Å². The van der Waals surface area contributed by atoms with Gasteiger partial charge >= 0.3 is 0 Å². The Hall–Kier alpha value is -3.92. The first kappa shape index (κ1) is 34.4. The van der Waals surface area contributed by atoms with Crippen molar-refractivity contribution >= 4 is 50.7 Å². The fourth-order valence-electron chi connectivity index (χ4n) is 5.74. The molecule has 0 aromatic heterocycles. The number of benzene rings is 4. The van der Waals surface area contributed by atoms with Crippen LogP contribution in [0, 0.1) is 12.7 Å². The lowest BCUT2D eigenvalue weighted by Gasteiger charge is -2.34. The molecule has 1 fully saturated rings. The third-order valence-corrected chi connectivity index (χ3v) is 10.9. The summed E-state index contributed by atoms with van der Waals surface area (Å²) in [5.74, 6) is -1.63. The van der Waals surface area contributed by atoms with Crippen LogP contribution in [0.4, 0.5) is 10.1 Å². The van der Waals surface area contributed by atoms with Crippen LogP contribution >= 0.6 is 23.2 Å². The summed E-state index contributed by atoms with van der Waals surface area (Å²) in [6.45, 7) is 0.881. The van der Waals surface area contributed by atoms with Crippen molar-refractivity contribution < 1.29 is 22.4 Å². The number of halogens is 3. The Morgan fingerprint density at radius 2 is 1.55 bits per heavy atom. The van der Waals surface area contributed by atoms with E-state index in [-0.39, 0.29) is 51.1 Å². The number of nitrogens with one attached hydrogen (secondary N) is 1. The summed E-state index contributed by atoms with van der Waals surface area (Å²) in [6.07, 6.45) is 3.76. The molecule has 1 aliphatic rings. The Bertz CT molecular complexity index is 1820. The maximum atomic E-state index is 15.1. The van der Waals surface area contributed by atoms with Crippen LogP contribution in [-0.2, 0) is 32.6 Å². The predicted octanol–water partition coefficient (Wildman–Crippen LogP) is 7.34. The molecule has 47 heavy (non-hydrogen) atoms. The lowest BCUT2D eigenvalue weighted by molar-refractivity contribution is -0.140. The molecular formula is C36H36Cl2FN3O4S. The molecule has 4 aromatic carbocycles. The molecule has 0 saturated heterocycles. The van der Waals surface area contributed by atoms with E-state index in [0.717, 1.165) is 41.1 Å². The summed E-state index contributed by atoms with van der Waals surface area (Å²) in [6, 6.07) is 24.7. The zero-order valence-corrected chi connectivity index (χ0v) is 28.2. The van der Waals surface area contributed by atoms with Crippen LogP contribution in [0.5, 0.6) is 0 Å². The molecule has 1 aliphatic carbocycles. The predicted molar refractivity (Wildman–Crippen MR) is 183 cm³/mol. The van der Waals surface area contributed by atoms with Gasteiger partial charge in [-0.15, -0.1) is 0 Å². The van der Waals surface area contributed by atoms with E-state index in [0.29, 0.717) is 0 Å². The molecule has 11 heteroatoms. The highest BCUT2D eigenvalue weighted by Gasteiger charge is 2.36. The normalized spacial score (nSPS) is 14.0. The van der Waals surface area contributed by atoms with Crippen LogP contribution in [-0.4, -0.2) is 43.8 Å². The Morgan fingerprint density at radius 1 is 0.894 bits per heavy atom. The summed E-state index contributed by atoms with van der Waals surface area (Å²) in [5.41, 5.74) is 1.94. The zero-order valence-electron chi connectivity index (χ0n) is 25.9. The first-order valence-corrected chi connectivity index (χ1v) is 17.6. The van der Waals surface area contributed by atoms with E-state index in [1.165, 1.54) is 41.3 Å². The van der Waals surface area contributed by atoms with Gasteiger partial charge in [-0.1, -0.05) is 102 Å². The van der Waals surface area contributed by atoms with E-state index < -0.39 is 34.3 Å². The van der Waals surface area contributed by atoms with Gasteiger partial charge < -0.3 is 10.2 Å². The highest BCUT2D eigenvalue weighted by Crippen LogP contribution is 2.31. The van der Waals surface area contributed by atoms with Gasteiger partial charge in [0.05, 0.1) is 20.6 Å². The Balaban J connectivity index is 1.58. The lowest BCUT2D eigenvalue weighted by Crippen LogP contribution is -2.54. The molecule has 4 aromatic rings. The molecular weight excluding hydrogens is 660 g/mol. The van der Waals surface area contributed by atoms with Gasteiger partial charge in [0.15, 0.2) is 0 Å². The van der Waals surface area contributed by atoms with E-state index in [4.69, 9.17) is 23.2 Å². The SMILES string of the molecule is Cc1ccc(S(=O)(=O)N(CC(=O)N(Cc2ccccc2F)[C@H](Cc2ccccc2)C(=O)NC2CCCC2)c2ccc(Cl)c(Cl)c2)cc1. The molecule has 1 N–H and O–H groups in total. The van der Waals surface area contributed by atoms with Gasteiger partial charge in [0, 0.05) is 24.6 Å². The van der Waals surface area contributed by atoms with Crippen LogP contribution in [0.25, 0.3) is 0 Å². The fraction of sp³-hybridized carbons (Fsp3) is 0.278. The third-order valence-electron chi connectivity index (χ3n) is 8.35. The summed E-state index contributed by atoms with van der Waals surface area (Å²) < 4.78 is 44.4. The van der Waals surface area contributed by atoms with E-state index >= 15 is 4.39 Å². The minimum absolute atomic E-state index is 0.0394. The number of rotatable bonds is 12. The van der Waals surface area contributed by atoms with Gasteiger partial charge in [-0.05, 0) is 61.7 Å². The highest BCUT2D eigenvalue weighted by atomic mass is 35.5. The first-order valence-electron chi connectivity index (χ1n) is 15.4. The molecule has 0 bridgehead atoms. The van der Waals surface area contributed by atoms with Gasteiger partial charge in [0.25, 0.3) is 10.0 Å². The van der Waals surface area contributed by atoms with Crippen LogP contribution in [0.3, 0.4) is 0 Å². The molecule has 1 atom stereocenters. The molecule has 246 valence electrons. The number of aryl methyl sites for hydroxylation is 1. The van der Waals surface area contributed by atoms with Crippen molar-refractivity contribution in [2.75, 3.05) is 10.8 Å². The van der Waals surface area contributed by atoms with Gasteiger partial charge in [0.1, 0.15) is 18.4 Å². The second-order valence-electron chi connectivity index (χ2n) is 11.7. The molecule has 5 rings (SSSR count). The zero-order chi connectivity index (χ0) is 33.6. The molecule has 0 spiro atoms. The van der Waals surface area contributed by atoms with Crippen LogP contribution in [0.2, 0.25) is 10.0 Å². The van der Waals surface area contributed by atoms with Crippen LogP contribution in [0.15, 0.2) is 102 Å².